The predicted octanol–water partition coefficient (Wildman–Crippen LogP) is 3.12. The Balaban J connectivity index is 1.76. The van der Waals surface area contributed by atoms with Crippen LogP contribution in [0, 0.1) is 5.82 Å². The standard InChI is InChI=1S/C15H11ClF4N6O/c1-25-11(10(16)12(23-25)15(18,19)20)13(27)22-14-21-7-26(24-14)6-8-3-2-4-9(17)5-8/h2-5,7H,6H2,1H3,(H,22,24,27). The van der Waals surface area contributed by atoms with Gasteiger partial charge in [-0.3, -0.25) is 14.8 Å². The molecular formula is C15H11ClF4N6O. The lowest BCUT2D eigenvalue weighted by molar-refractivity contribution is -0.141. The molecule has 0 aliphatic heterocycles. The van der Waals surface area contributed by atoms with Gasteiger partial charge >= 0.3 is 6.18 Å². The molecule has 0 atom stereocenters. The molecule has 0 aliphatic rings. The summed E-state index contributed by atoms with van der Waals surface area (Å²) in [5.41, 5.74) is -1.23. The van der Waals surface area contributed by atoms with Gasteiger partial charge in [0.2, 0.25) is 5.95 Å². The zero-order valence-electron chi connectivity index (χ0n) is 13.6. The molecule has 0 spiro atoms. The Morgan fingerprint density at radius 3 is 2.67 bits per heavy atom. The summed E-state index contributed by atoms with van der Waals surface area (Å²) < 4.78 is 53.7. The van der Waals surface area contributed by atoms with Gasteiger partial charge in [-0.2, -0.15) is 18.3 Å². The molecule has 2 heterocycles. The molecular weight excluding hydrogens is 392 g/mol. The summed E-state index contributed by atoms with van der Waals surface area (Å²) in [6.45, 7) is 0.186. The minimum atomic E-state index is -4.79. The van der Waals surface area contributed by atoms with Crippen LogP contribution in [0.25, 0.3) is 0 Å². The lowest BCUT2D eigenvalue weighted by atomic mass is 10.2. The van der Waals surface area contributed by atoms with Gasteiger partial charge in [-0.05, 0) is 17.7 Å². The Hall–Kier alpha value is -2.95. The van der Waals surface area contributed by atoms with E-state index in [0.29, 0.717) is 5.56 Å². The van der Waals surface area contributed by atoms with Gasteiger partial charge in [0.25, 0.3) is 5.91 Å². The summed E-state index contributed by atoms with van der Waals surface area (Å²) in [5.74, 6) is -1.51. The Morgan fingerprint density at radius 2 is 2.04 bits per heavy atom. The molecule has 0 bridgehead atoms. The summed E-state index contributed by atoms with van der Waals surface area (Å²) in [5, 5.41) is 8.64. The second-order valence-electron chi connectivity index (χ2n) is 5.48. The van der Waals surface area contributed by atoms with E-state index in [9.17, 15) is 22.4 Å². The van der Waals surface area contributed by atoms with Crippen molar-refractivity contribution in [1.82, 2.24) is 24.5 Å². The fourth-order valence-corrected chi connectivity index (χ4v) is 2.69. The Morgan fingerprint density at radius 1 is 1.30 bits per heavy atom. The highest BCUT2D eigenvalue weighted by molar-refractivity contribution is 6.34. The van der Waals surface area contributed by atoms with Gasteiger partial charge in [0.05, 0.1) is 6.54 Å². The molecule has 7 nitrogen and oxygen atoms in total. The first-order valence-electron chi connectivity index (χ1n) is 7.40. The number of halogens is 5. The van der Waals surface area contributed by atoms with Crippen molar-refractivity contribution in [3.8, 4) is 0 Å². The topological polar surface area (TPSA) is 77.6 Å². The average Bonchev–Trinajstić information content (AvgIpc) is 3.10. The van der Waals surface area contributed by atoms with Gasteiger partial charge < -0.3 is 0 Å². The number of carbonyl (C=O) groups excluding carboxylic acids is 1. The molecule has 2 aromatic heterocycles. The van der Waals surface area contributed by atoms with Crippen LogP contribution in [-0.2, 0) is 19.8 Å². The number of rotatable bonds is 4. The number of anilines is 1. The van der Waals surface area contributed by atoms with Crippen LogP contribution in [0.5, 0.6) is 0 Å². The summed E-state index contributed by atoms with van der Waals surface area (Å²) >= 11 is 5.66. The third-order valence-corrected chi connectivity index (χ3v) is 3.83. The number of aromatic nitrogens is 5. The second kappa shape index (κ2) is 6.99. The van der Waals surface area contributed by atoms with Crippen molar-refractivity contribution in [1.29, 1.82) is 0 Å². The first-order chi connectivity index (χ1) is 12.6. The van der Waals surface area contributed by atoms with Gasteiger partial charge in [-0.15, -0.1) is 5.10 Å². The first-order valence-corrected chi connectivity index (χ1v) is 7.78. The van der Waals surface area contributed by atoms with Crippen LogP contribution in [0.3, 0.4) is 0 Å². The highest BCUT2D eigenvalue weighted by atomic mass is 35.5. The van der Waals surface area contributed by atoms with Crippen molar-refractivity contribution in [2.24, 2.45) is 7.05 Å². The molecule has 0 fully saturated rings. The lowest BCUT2D eigenvalue weighted by Crippen LogP contribution is -2.17. The maximum absolute atomic E-state index is 13.2. The van der Waals surface area contributed by atoms with Crippen LogP contribution in [-0.4, -0.2) is 30.5 Å². The first kappa shape index (κ1) is 18.8. The van der Waals surface area contributed by atoms with Crippen LogP contribution in [0.1, 0.15) is 21.7 Å². The van der Waals surface area contributed by atoms with Crippen molar-refractivity contribution in [2.45, 2.75) is 12.7 Å². The minimum Gasteiger partial charge on any atom is -0.288 e. The van der Waals surface area contributed by atoms with E-state index in [1.807, 2.05) is 0 Å². The third-order valence-electron chi connectivity index (χ3n) is 3.47. The molecule has 142 valence electrons. The number of carbonyl (C=O) groups is 1. The molecule has 1 amide bonds. The van der Waals surface area contributed by atoms with Crippen molar-refractivity contribution < 1.29 is 22.4 Å². The van der Waals surface area contributed by atoms with Crippen LogP contribution in [0.4, 0.5) is 23.5 Å². The van der Waals surface area contributed by atoms with Crippen LogP contribution >= 0.6 is 11.6 Å². The number of alkyl halides is 3. The van der Waals surface area contributed by atoms with Gasteiger partial charge in [0.1, 0.15) is 22.9 Å². The lowest BCUT2D eigenvalue weighted by Gasteiger charge is -2.03. The smallest absolute Gasteiger partial charge is 0.288 e. The van der Waals surface area contributed by atoms with Crippen molar-refractivity contribution in [2.75, 3.05) is 5.32 Å². The number of nitrogens with zero attached hydrogens (tertiary/aromatic N) is 5. The Labute approximate surface area is 154 Å². The maximum Gasteiger partial charge on any atom is 0.436 e. The molecule has 1 N–H and O–H groups in total. The van der Waals surface area contributed by atoms with Gasteiger partial charge in [-0.1, -0.05) is 23.7 Å². The minimum absolute atomic E-state index is 0.151. The molecule has 0 saturated heterocycles. The summed E-state index contributed by atoms with van der Waals surface area (Å²) in [6, 6.07) is 5.82. The van der Waals surface area contributed by atoms with Gasteiger partial charge in [-0.25, -0.2) is 14.1 Å². The maximum atomic E-state index is 13.2. The summed E-state index contributed by atoms with van der Waals surface area (Å²) in [6.07, 6.45) is -3.51. The van der Waals surface area contributed by atoms with Crippen LogP contribution in [0.15, 0.2) is 30.6 Å². The van der Waals surface area contributed by atoms with E-state index in [0.717, 1.165) is 11.7 Å². The fraction of sp³-hybridized carbons (Fsp3) is 0.200. The molecule has 0 aliphatic carbocycles. The van der Waals surface area contributed by atoms with Gasteiger partial charge in [0, 0.05) is 7.05 Å². The molecule has 3 rings (SSSR count). The van der Waals surface area contributed by atoms with Gasteiger partial charge in [0.15, 0.2) is 5.69 Å². The largest absolute Gasteiger partial charge is 0.436 e. The Bertz CT molecular complexity index is 997. The number of nitrogens with one attached hydrogen (secondary N) is 1. The Kier molecular flexibility index (Phi) is 4.87. The monoisotopic (exact) mass is 402 g/mol. The van der Waals surface area contributed by atoms with Crippen molar-refractivity contribution >= 4 is 23.5 Å². The summed E-state index contributed by atoms with van der Waals surface area (Å²) in [7, 11) is 1.16. The third kappa shape index (κ3) is 4.08. The van der Waals surface area contributed by atoms with E-state index < -0.39 is 34.3 Å². The SMILES string of the molecule is Cn1nc(C(F)(F)F)c(Cl)c1C(=O)Nc1ncn(Cc2cccc(F)c2)n1. The number of hydrogen-bond donors (Lipinski definition) is 1. The van der Waals surface area contributed by atoms with Crippen LogP contribution < -0.4 is 5.32 Å². The number of aryl methyl sites for hydroxylation is 1. The predicted molar refractivity (Wildman–Crippen MR) is 86.7 cm³/mol. The highest BCUT2D eigenvalue weighted by Crippen LogP contribution is 2.35. The van der Waals surface area contributed by atoms with E-state index >= 15 is 0 Å². The number of benzene rings is 1. The zero-order chi connectivity index (χ0) is 19.8. The van der Waals surface area contributed by atoms with E-state index in [1.165, 1.54) is 29.2 Å². The van der Waals surface area contributed by atoms with E-state index in [-0.39, 0.29) is 12.5 Å². The zero-order valence-corrected chi connectivity index (χ0v) is 14.4. The molecule has 1 aromatic carbocycles. The van der Waals surface area contributed by atoms with Crippen molar-refractivity contribution in [3.05, 3.63) is 58.4 Å². The molecule has 3 aromatic rings. The normalized spacial score (nSPS) is 11.6. The van der Waals surface area contributed by atoms with Crippen molar-refractivity contribution in [3.63, 3.8) is 0 Å². The summed E-state index contributed by atoms with van der Waals surface area (Å²) in [4.78, 5) is 16.1. The quantitative estimate of drug-likeness (QED) is 0.680. The molecule has 27 heavy (non-hydrogen) atoms. The number of hydrogen-bond acceptors (Lipinski definition) is 4. The van der Waals surface area contributed by atoms with E-state index in [1.54, 1.807) is 6.07 Å². The highest BCUT2D eigenvalue weighted by Gasteiger charge is 2.39. The van der Waals surface area contributed by atoms with E-state index in [4.69, 9.17) is 11.6 Å². The molecule has 12 heteroatoms. The van der Waals surface area contributed by atoms with E-state index in [2.05, 4.69) is 20.5 Å². The molecule has 0 saturated carbocycles. The fourth-order valence-electron chi connectivity index (χ4n) is 2.34. The average molecular weight is 403 g/mol. The second-order valence-corrected chi connectivity index (χ2v) is 5.86. The number of amides is 1. The molecule has 0 radical (unpaired) electrons. The molecule has 0 unspecified atom stereocenters. The van der Waals surface area contributed by atoms with Crippen LogP contribution in [0.2, 0.25) is 5.02 Å².